The standard InChI is InChI=1S/C16H20BBrN2O2/c1-11-9-20(10-19-11)14-7-12(6-13(18)8-14)17-21-15(2,3)16(4,5)22-17/h6-10H,1-5H3. The molecule has 1 aliphatic rings. The second-order valence-corrected chi connectivity index (χ2v) is 7.67. The molecule has 0 radical (unpaired) electrons. The maximum atomic E-state index is 6.13. The van der Waals surface area contributed by atoms with Crippen molar-refractivity contribution < 1.29 is 9.31 Å². The van der Waals surface area contributed by atoms with E-state index in [0.29, 0.717) is 0 Å². The fourth-order valence-corrected chi connectivity index (χ4v) is 2.92. The Morgan fingerprint density at radius 1 is 1.09 bits per heavy atom. The van der Waals surface area contributed by atoms with Gasteiger partial charge < -0.3 is 13.9 Å². The molecule has 1 aromatic heterocycles. The van der Waals surface area contributed by atoms with Crippen LogP contribution in [0.5, 0.6) is 0 Å². The molecule has 0 unspecified atom stereocenters. The molecule has 0 N–H and O–H groups in total. The number of imidazole rings is 1. The topological polar surface area (TPSA) is 36.3 Å². The van der Waals surface area contributed by atoms with E-state index in [0.717, 1.165) is 21.3 Å². The number of aryl methyl sites for hydroxylation is 1. The molecule has 0 amide bonds. The smallest absolute Gasteiger partial charge is 0.399 e. The molecule has 6 heteroatoms. The molecule has 116 valence electrons. The lowest BCUT2D eigenvalue weighted by Crippen LogP contribution is -2.41. The molecule has 1 fully saturated rings. The first-order chi connectivity index (χ1) is 10.2. The Morgan fingerprint density at radius 3 is 2.27 bits per heavy atom. The van der Waals surface area contributed by atoms with Crippen LogP contribution in [0, 0.1) is 6.92 Å². The Kier molecular flexibility index (Phi) is 3.74. The average Bonchev–Trinajstić information content (AvgIpc) is 2.91. The van der Waals surface area contributed by atoms with Gasteiger partial charge >= 0.3 is 7.12 Å². The van der Waals surface area contributed by atoms with E-state index in [-0.39, 0.29) is 18.3 Å². The number of halogens is 1. The second-order valence-electron chi connectivity index (χ2n) is 6.75. The Morgan fingerprint density at radius 2 is 1.73 bits per heavy atom. The summed E-state index contributed by atoms with van der Waals surface area (Å²) in [6, 6.07) is 6.17. The summed E-state index contributed by atoms with van der Waals surface area (Å²) in [6.07, 6.45) is 3.81. The van der Waals surface area contributed by atoms with Crippen molar-refractivity contribution in [2.45, 2.75) is 45.8 Å². The molecular formula is C16H20BBrN2O2. The van der Waals surface area contributed by atoms with Gasteiger partial charge in [0.25, 0.3) is 0 Å². The van der Waals surface area contributed by atoms with Gasteiger partial charge in [-0.05, 0) is 58.3 Å². The lowest BCUT2D eigenvalue weighted by atomic mass is 9.79. The zero-order valence-electron chi connectivity index (χ0n) is 13.6. The molecule has 2 heterocycles. The van der Waals surface area contributed by atoms with Crippen LogP contribution in [0.2, 0.25) is 0 Å². The highest BCUT2D eigenvalue weighted by atomic mass is 79.9. The van der Waals surface area contributed by atoms with Gasteiger partial charge in [-0.15, -0.1) is 0 Å². The van der Waals surface area contributed by atoms with E-state index in [1.807, 2.05) is 30.1 Å². The maximum absolute atomic E-state index is 6.13. The molecule has 4 nitrogen and oxygen atoms in total. The van der Waals surface area contributed by atoms with E-state index < -0.39 is 0 Å². The van der Waals surface area contributed by atoms with Crippen molar-refractivity contribution in [1.29, 1.82) is 0 Å². The normalized spacial score (nSPS) is 19.6. The molecule has 22 heavy (non-hydrogen) atoms. The van der Waals surface area contributed by atoms with Gasteiger partial charge in [0.05, 0.1) is 23.2 Å². The lowest BCUT2D eigenvalue weighted by molar-refractivity contribution is 0.00578. The van der Waals surface area contributed by atoms with Crippen molar-refractivity contribution in [2.24, 2.45) is 0 Å². The molecule has 0 aliphatic carbocycles. The molecule has 3 rings (SSSR count). The SMILES string of the molecule is Cc1cn(-c2cc(Br)cc(B3OC(C)(C)C(C)(C)O3)c2)cn1. The van der Waals surface area contributed by atoms with Crippen LogP contribution in [-0.4, -0.2) is 27.9 Å². The third kappa shape index (κ3) is 2.75. The molecule has 1 aromatic carbocycles. The van der Waals surface area contributed by atoms with Gasteiger partial charge in [-0.1, -0.05) is 15.9 Å². The Balaban J connectivity index is 1.98. The van der Waals surface area contributed by atoms with Crippen molar-refractivity contribution in [3.05, 3.63) is 40.9 Å². The Bertz CT molecular complexity index is 696. The van der Waals surface area contributed by atoms with Crippen molar-refractivity contribution in [3.63, 3.8) is 0 Å². The van der Waals surface area contributed by atoms with Crippen molar-refractivity contribution in [2.75, 3.05) is 0 Å². The van der Waals surface area contributed by atoms with Gasteiger partial charge in [0.15, 0.2) is 0 Å². The summed E-state index contributed by atoms with van der Waals surface area (Å²) < 4.78 is 15.2. The fraction of sp³-hybridized carbons (Fsp3) is 0.438. The quantitative estimate of drug-likeness (QED) is 0.769. The summed E-state index contributed by atoms with van der Waals surface area (Å²) in [5, 5.41) is 0. The van der Waals surface area contributed by atoms with Crippen molar-refractivity contribution >= 4 is 28.5 Å². The van der Waals surface area contributed by atoms with E-state index in [1.165, 1.54) is 0 Å². The maximum Gasteiger partial charge on any atom is 0.494 e. The first-order valence-electron chi connectivity index (χ1n) is 7.35. The third-order valence-corrected chi connectivity index (χ3v) is 4.90. The molecule has 2 aromatic rings. The minimum Gasteiger partial charge on any atom is -0.399 e. The molecule has 1 saturated heterocycles. The summed E-state index contributed by atoms with van der Waals surface area (Å²) in [5.74, 6) is 0. The number of rotatable bonds is 2. The minimum atomic E-state index is -0.370. The van der Waals surface area contributed by atoms with Gasteiger partial charge in [0, 0.05) is 16.4 Å². The van der Waals surface area contributed by atoms with Crippen LogP contribution in [0.4, 0.5) is 0 Å². The van der Waals surface area contributed by atoms with Crippen LogP contribution in [0.3, 0.4) is 0 Å². The highest BCUT2D eigenvalue weighted by Crippen LogP contribution is 2.36. The lowest BCUT2D eigenvalue weighted by Gasteiger charge is -2.32. The van der Waals surface area contributed by atoms with Crippen LogP contribution in [0.15, 0.2) is 35.2 Å². The summed E-state index contributed by atoms with van der Waals surface area (Å²) >= 11 is 3.58. The zero-order valence-corrected chi connectivity index (χ0v) is 15.1. The van der Waals surface area contributed by atoms with Gasteiger partial charge in [0.2, 0.25) is 0 Å². The van der Waals surface area contributed by atoms with Crippen LogP contribution in [-0.2, 0) is 9.31 Å². The summed E-state index contributed by atoms with van der Waals surface area (Å²) in [7, 11) is -0.370. The van der Waals surface area contributed by atoms with Crippen LogP contribution < -0.4 is 5.46 Å². The van der Waals surface area contributed by atoms with Gasteiger partial charge in [-0.2, -0.15) is 0 Å². The monoisotopic (exact) mass is 362 g/mol. The van der Waals surface area contributed by atoms with Gasteiger partial charge in [-0.25, -0.2) is 4.98 Å². The van der Waals surface area contributed by atoms with E-state index in [1.54, 1.807) is 0 Å². The molecule has 0 spiro atoms. The predicted octanol–water partition coefficient (Wildman–Crippen LogP) is 3.24. The Hall–Kier alpha value is -1.11. The first-order valence-corrected chi connectivity index (χ1v) is 8.14. The van der Waals surface area contributed by atoms with Crippen LogP contribution in [0.25, 0.3) is 5.69 Å². The number of hydrogen-bond donors (Lipinski definition) is 0. The molecule has 0 saturated carbocycles. The fourth-order valence-electron chi connectivity index (χ4n) is 2.42. The van der Waals surface area contributed by atoms with Crippen LogP contribution in [0.1, 0.15) is 33.4 Å². The summed E-state index contributed by atoms with van der Waals surface area (Å²) in [5.41, 5.74) is 2.32. The van der Waals surface area contributed by atoms with Crippen molar-refractivity contribution in [1.82, 2.24) is 9.55 Å². The van der Waals surface area contributed by atoms with E-state index in [9.17, 15) is 0 Å². The van der Waals surface area contributed by atoms with Crippen molar-refractivity contribution in [3.8, 4) is 5.69 Å². The summed E-state index contributed by atoms with van der Waals surface area (Å²) in [4.78, 5) is 4.28. The van der Waals surface area contributed by atoms with E-state index in [4.69, 9.17) is 9.31 Å². The molecule has 0 atom stereocenters. The number of hydrogen-bond acceptors (Lipinski definition) is 3. The highest BCUT2D eigenvalue weighted by Gasteiger charge is 2.51. The van der Waals surface area contributed by atoms with Gasteiger partial charge in [-0.3, -0.25) is 0 Å². The highest BCUT2D eigenvalue weighted by molar-refractivity contribution is 9.10. The first kappa shape index (κ1) is 15.8. The number of benzene rings is 1. The second kappa shape index (κ2) is 5.22. The van der Waals surface area contributed by atoms with Gasteiger partial charge in [0.1, 0.15) is 0 Å². The van der Waals surface area contributed by atoms with Crippen LogP contribution >= 0.6 is 15.9 Å². The molecular weight excluding hydrogens is 343 g/mol. The number of nitrogens with zero attached hydrogens (tertiary/aromatic N) is 2. The average molecular weight is 363 g/mol. The van der Waals surface area contributed by atoms with E-state index >= 15 is 0 Å². The third-order valence-electron chi connectivity index (χ3n) is 4.44. The Labute approximate surface area is 140 Å². The summed E-state index contributed by atoms with van der Waals surface area (Å²) in [6.45, 7) is 10.2. The predicted molar refractivity (Wildman–Crippen MR) is 91.7 cm³/mol. The van der Waals surface area contributed by atoms with E-state index in [2.05, 4.69) is 60.7 Å². The molecule has 1 aliphatic heterocycles. The minimum absolute atomic E-state index is 0.342. The zero-order chi connectivity index (χ0) is 16.1. The number of aromatic nitrogens is 2. The largest absolute Gasteiger partial charge is 0.494 e. The molecule has 0 bridgehead atoms.